The number of phenolic OH excluding ortho intramolecular Hbond substituents is 1. The Labute approximate surface area is 102 Å². The minimum Gasteiger partial charge on any atom is -0.508 e. The van der Waals surface area contributed by atoms with Crippen molar-refractivity contribution < 1.29 is 14.6 Å². The summed E-state index contributed by atoms with van der Waals surface area (Å²) < 4.78 is 4.87. The zero-order chi connectivity index (χ0) is 12.7. The zero-order valence-electron chi connectivity index (χ0n) is 10.3. The fraction of sp³-hybridized carbons (Fsp3) is 0.462. The van der Waals surface area contributed by atoms with Crippen LogP contribution in [0.15, 0.2) is 24.3 Å². The van der Waals surface area contributed by atoms with Crippen molar-refractivity contribution in [3.05, 3.63) is 29.8 Å². The van der Waals surface area contributed by atoms with Crippen LogP contribution < -0.4 is 5.32 Å². The van der Waals surface area contributed by atoms with E-state index in [1.165, 1.54) is 0 Å². The van der Waals surface area contributed by atoms with Crippen LogP contribution in [0.2, 0.25) is 0 Å². The molecule has 1 unspecified atom stereocenters. The van der Waals surface area contributed by atoms with E-state index in [9.17, 15) is 4.79 Å². The van der Waals surface area contributed by atoms with E-state index >= 15 is 0 Å². The van der Waals surface area contributed by atoms with Crippen molar-refractivity contribution in [2.45, 2.75) is 32.9 Å². The summed E-state index contributed by atoms with van der Waals surface area (Å²) in [7, 11) is 0. The highest BCUT2D eigenvalue weighted by molar-refractivity contribution is 5.69. The summed E-state index contributed by atoms with van der Waals surface area (Å²) in [5, 5.41) is 12.4. The molecule has 0 aromatic heterocycles. The number of hydrogen-bond donors (Lipinski definition) is 2. The number of aromatic hydroxyl groups is 1. The first-order valence-corrected chi connectivity index (χ1v) is 5.78. The summed E-state index contributed by atoms with van der Waals surface area (Å²) in [4.78, 5) is 11.2. The molecule has 4 nitrogen and oxygen atoms in total. The van der Waals surface area contributed by atoms with Gasteiger partial charge in [0.15, 0.2) is 0 Å². The molecular weight excluding hydrogens is 218 g/mol. The highest BCUT2D eigenvalue weighted by atomic mass is 16.5. The van der Waals surface area contributed by atoms with Gasteiger partial charge in [-0.3, -0.25) is 4.79 Å². The molecule has 94 valence electrons. The molecule has 4 heteroatoms. The van der Waals surface area contributed by atoms with Gasteiger partial charge in [-0.05, 0) is 31.5 Å². The molecule has 0 saturated carbocycles. The maximum absolute atomic E-state index is 11.2. The highest BCUT2D eigenvalue weighted by Crippen LogP contribution is 2.09. The quantitative estimate of drug-likeness (QED) is 0.741. The van der Waals surface area contributed by atoms with Gasteiger partial charge in [0.2, 0.25) is 0 Å². The summed E-state index contributed by atoms with van der Waals surface area (Å²) in [6, 6.07) is 7.06. The Bertz CT molecular complexity index is 348. The highest BCUT2D eigenvalue weighted by Gasteiger charge is 2.08. The van der Waals surface area contributed by atoms with Gasteiger partial charge in [0.05, 0.1) is 13.0 Å². The van der Waals surface area contributed by atoms with Crippen LogP contribution in [0.25, 0.3) is 0 Å². The molecule has 1 aromatic rings. The minimum atomic E-state index is -0.182. The molecule has 0 bridgehead atoms. The Morgan fingerprint density at radius 3 is 2.65 bits per heavy atom. The van der Waals surface area contributed by atoms with Crippen LogP contribution in [0, 0.1) is 0 Å². The molecule has 17 heavy (non-hydrogen) atoms. The number of esters is 1. The van der Waals surface area contributed by atoms with Gasteiger partial charge >= 0.3 is 5.97 Å². The molecule has 1 atom stereocenters. The Kier molecular flexibility index (Phi) is 5.49. The number of rotatable bonds is 6. The third-order valence-electron chi connectivity index (χ3n) is 2.37. The molecule has 0 saturated heterocycles. The van der Waals surface area contributed by atoms with Gasteiger partial charge in [-0.2, -0.15) is 0 Å². The topological polar surface area (TPSA) is 58.6 Å². The summed E-state index contributed by atoms with van der Waals surface area (Å²) in [6.45, 7) is 4.83. The van der Waals surface area contributed by atoms with Crippen molar-refractivity contribution in [3.8, 4) is 5.75 Å². The number of hydrogen-bond acceptors (Lipinski definition) is 4. The number of carbonyl (C=O) groups excluding carboxylic acids is 1. The molecule has 0 heterocycles. The SMILES string of the molecule is CCOC(=O)CC(C)NCc1ccc(O)cc1. The van der Waals surface area contributed by atoms with E-state index in [-0.39, 0.29) is 17.8 Å². The molecular formula is C13H19NO3. The average molecular weight is 237 g/mol. The number of ether oxygens (including phenoxy) is 1. The van der Waals surface area contributed by atoms with E-state index in [0.29, 0.717) is 19.6 Å². The Balaban J connectivity index is 2.30. The van der Waals surface area contributed by atoms with Crippen LogP contribution in [0.5, 0.6) is 5.75 Å². The van der Waals surface area contributed by atoms with Crippen molar-refractivity contribution in [1.29, 1.82) is 0 Å². The van der Waals surface area contributed by atoms with Crippen molar-refractivity contribution in [2.75, 3.05) is 6.61 Å². The molecule has 0 fully saturated rings. The Morgan fingerprint density at radius 2 is 2.06 bits per heavy atom. The van der Waals surface area contributed by atoms with Gasteiger partial charge in [0, 0.05) is 12.6 Å². The smallest absolute Gasteiger partial charge is 0.307 e. The van der Waals surface area contributed by atoms with Gasteiger partial charge in [0.1, 0.15) is 5.75 Å². The third kappa shape index (κ3) is 5.36. The van der Waals surface area contributed by atoms with Crippen LogP contribution in [-0.2, 0) is 16.1 Å². The van der Waals surface area contributed by atoms with Crippen LogP contribution >= 0.6 is 0 Å². The van der Waals surface area contributed by atoms with E-state index < -0.39 is 0 Å². The van der Waals surface area contributed by atoms with Crippen LogP contribution in [0.4, 0.5) is 0 Å². The maximum Gasteiger partial charge on any atom is 0.307 e. The number of carbonyl (C=O) groups is 1. The second-order valence-corrected chi connectivity index (χ2v) is 3.96. The molecule has 1 aromatic carbocycles. The summed E-state index contributed by atoms with van der Waals surface area (Å²) in [5.41, 5.74) is 1.07. The Morgan fingerprint density at radius 1 is 1.41 bits per heavy atom. The summed E-state index contributed by atoms with van der Waals surface area (Å²) in [5.74, 6) is 0.0755. The first-order chi connectivity index (χ1) is 8.11. The first kappa shape index (κ1) is 13.5. The maximum atomic E-state index is 11.2. The summed E-state index contributed by atoms with van der Waals surface area (Å²) in [6.07, 6.45) is 0.367. The molecule has 0 aliphatic rings. The van der Waals surface area contributed by atoms with Crippen molar-refractivity contribution >= 4 is 5.97 Å². The van der Waals surface area contributed by atoms with Gasteiger partial charge < -0.3 is 15.2 Å². The van der Waals surface area contributed by atoms with Crippen molar-refractivity contribution in [1.82, 2.24) is 5.32 Å². The zero-order valence-corrected chi connectivity index (χ0v) is 10.3. The third-order valence-corrected chi connectivity index (χ3v) is 2.37. The average Bonchev–Trinajstić information content (AvgIpc) is 2.28. The van der Waals surface area contributed by atoms with E-state index in [1.807, 2.05) is 19.1 Å². The molecule has 0 radical (unpaired) electrons. The molecule has 1 rings (SSSR count). The predicted octanol–water partition coefficient (Wildman–Crippen LogP) is 1.82. The molecule has 0 aliphatic carbocycles. The van der Waals surface area contributed by atoms with Gasteiger partial charge in [-0.15, -0.1) is 0 Å². The number of phenols is 1. The first-order valence-electron chi connectivity index (χ1n) is 5.78. The normalized spacial score (nSPS) is 12.1. The van der Waals surface area contributed by atoms with E-state index in [0.717, 1.165) is 5.56 Å². The molecule has 2 N–H and O–H groups in total. The molecule has 0 aliphatic heterocycles. The lowest BCUT2D eigenvalue weighted by Gasteiger charge is -2.12. The van der Waals surface area contributed by atoms with E-state index in [1.54, 1.807) is 19.1 Å². The minimum absolute atomic E-state index is 0.0721. The fourth-order valence-corrected chi connectivity index (χ4v) is 1.45. The van der Waals surface area contributed by atoms with Crippen molar-refractivity contribution in [2.24, 2.45) is 0 Å². The largest absolute Gasteiger partial charge is 0.508 e. The van der Waals surface area contributed by atoms with E-state index in [2.05, 4.69) is 5.32 Å². The van der Waals surface area contributed by atoms with Crippen LogP contribution in [0.1, 0.15) is 25.8 Å². The van der Waals surface area contributed by atoms with Crippen LogP contribution in [0.3, 0.4) is 0 Å². The van der Waals surface area contributed by atoms with Gasteiger partial charge in [-0.25, -0.2) is 0 Å². The second kappa shape index (κ2) is 6.91. The number of nitrogens with one attached hydrogen (secondary N) is 1. The van der Waals surface area contributed by atoms with Gasteiger partial charge in [-0.1, -0.05) is 12.1 Å². The van der Waals surface area contributed by atoms with Gasteiger partial charge in [0.25, 0.3) is 0 Å². The predicted molar refractivity (Wildman–Crippen MR) is 65.7 cm³/mol. The standard InChI is InChI=1S/C13H19NO3/c1-3-17-13(16)8-10(2)14-9-11-4-6-12(15)7-5-11/h4-7,10,14-15H,3,8-9H2,1-2H3. The van der Waals surface area contributed by atoms with E-state index in [4.69, 9.17) is 9.84 Å². The fourth-order valence-electron chi connectivity index (χ4n) is 1.45. The number of benzene rings is 1. The monoisotopic (exact) mass is 237 g/mol. The molecule has 0 amide bonds. The lowest BCUT2D eigenvalue weighted by molar-refractivity contribution is -0.143. The molecule has 0 spiro atoms. The van der Waals surface area contributed by atoms with Crippen molar-refractivity contribution in [3.63, 3.8) is 0 Å². The second-order valence-electron chi connectivity index (χ2n) is 3.96. The van der Waals surface area contributed by atoms with Crippen LogP contribution in [-0.4, -0.2) is 23.7 Å². The Hall–Kier alpha value is -1.55. The lowest BCUT2D eigenvalue weighted by Crippen LogP contribution is -2.28. The summed E-state index contributed by atoms with van der Waals surface area (Å²) >= 11 is 0. The lowest BCUT2D eigenvalue weighted by atomic mass is 10.2.